The topological polar surface area (TPSA) is 54.7 Å². The zero-order valence-electron chi connectivity index (χ0n) is 15.7. The third-order valence-electron chi connectivity index (χ3n) is 4.38. The molecule has 0 spiro atoms. The maximum Gasteiger partial charge on any atom is 0.194 e. The lowest BCUT2D eigenvalue weighted by Gasteiger charge is -2.34. The van der Waals surface area contributed by atoms with E-state index in [9.17, 15) is 8.78 Å². The van der Waals surface area contributed by atoms with Crippen molar-refractivity contribution in [1.82, 2.24) is 20.0 Å². The molecule has 27 heavy (non-hydrogen) atoms. The smallest absolute Gasteiger partial charge is 0.194 e. The van der Waals surface area contributed by atoms with Gasteiger partial charge in [-0.1, -0.05) is 0 Å². The fourth-order valence-electron chi connectivity index (χ4n) is 3.12. The Hall–Kier alpha value is -2.48. The van der Waals surface area contributed by atoms with Gasteiger partial charge >= 0.3 is 0 Å². The fourth-order valence-corrected chi connectivity index (χ4v) is 3.12. The number of guanidine groups is 1. The molecule has 0 radical (unpaired) electrons. The Balaban J connectivity index is 1.65. The average molecular weight is 377 g/mol. The summed E-state index contributed by atoms with van der Waals surface area (Å²) in [5, 5.41) is 7.50. The summed E-state index contributed by atoms with van der Waals surface area (Å²) >= 11 is 0. The standard InChI is InChI=1S/C19H25F2N5O/c1-3-22-19(23-5-4-14-8-16(20)10-17(21)9-14)26-6-7-27-18(13-26)15-11-24-25(2)12-15/h8-12,18H,3-7,13H2,1-2H3,(H,22,23). The van der Waals surface area contributed by atoms with Crippen LogP contribution in [-0.2, 0) is 18.2 Å². The second kappa shape index (κ2) is 8.94. The summed E-state index contributed by atoms with van der Waals surface area (Å²) in [6, 6.07) is 3.57. The van der Waals surface area contributed by atoms with E-state index in [0.29, 0.717) is 31.7 Å². The maximum absolute atomic E-state index is 13.3. The third kappa shape index (κ3) is 5.26. The van der Waals surface area contributed by atoms with Crippen LogP contribution in [0.3, 0.4) is 0 Å². The van der Waals surface area contributed by atoms with Crippen molar-refractivity contribution in [1.29, 1.82) is 0 Å². The van der Waals surface area contributed by atoms with Gasteiger partial charge in [-0.3, -0.25) is 9.67 Å². The predicted molar refractivity (Wildman–Crippen MR) is 99.5 cm³/mol. The molecule has 1 aromatic carbocycles. The Bertz CT molecular complexity index is 772. The van der Waals surface area contributed by atoms with Crippen LogP contribution in [0.1, 0.15) is 24.2 Å². The number of benzene rings is 1. The van der Waals surface area contributed by atoms with Gasteiger partial charge < -0.3 is 15.0 Å². The second-order valence-corrected chi connectivity index (χ2v) is 6.52. The van der Waals surface area contributed by atoms with E-state index in [1.54, 1.807) is 4.68 Å². The Morgan fingerprint density at radius 1 is 1.33 bits per heavy atom. The van der Waals surface area contributed by atoms with Crippen LogP contribution in [0.5, 0.6) is 0 Å². The minimum atomic E-state index is -0.562. The van der Waals surface area contributed by atoms with E-state index < -0.39 is 11.6 Å². The fraction of sp³-hybridized carbons (Fsp3) is 0.474. The average Bonchev–Trinajstić information content (AvgIpc) is 3.07. The van der Waals surface area contributed by atoms with Crippen LogP contribution in [0.4, 0.5) is 8.78 Å². The molecular weight excluding hydrogens is 352 g/mol. The van der Waals surface area contributed by atoms with Crippen molar-refractivity contribution in [2.75, 3.05) is 32.8 Å². The van der Waals surface area contributed by atoms with E-state index in [2.05, 4.69) is 20.3 Å². The normalized spacial score (nSPS) is 18.0. The molecule has 0 saturated carbocycles. The van der Waals surface area contributed by atoms with Gasteiger partial charge in [0, 0.05) is 44.5 Å². The molecule has 1 aliphatic heterocycles. The van der Waals surface area contributed by atoms with Gasteiger partial charge in [0.25, 0.3) is 0 Å². The van der Waals surface area contributed by atoms with E-state index >= 15 is 0 Å². The molecule has 1 unspecified atom stereocenters. The Labute approximate surface area is 157 Å². The number of nitrogens with zero attached hydrogens (tertiary/aromatic N) is 4. The van der Waals surface area contributed by atoms with Crippen LogP contribution in [-0.4, -0.2) is 53.4 Å². The minimum Gasteiger partial charge on any atom is -0.370 e. The molecule has 2 aromatic rings. The maximum atomic E-state index is 13.3. The van der Waals surface area contributed by atoms with Crippen molar-refractivity contribution < 1.29 is 13.5 Å². The van der Waals surface area contributed by atoms with Gasteiger partial charge in [-0.25, -0.2) is 8.78 Å². The molecule has 1 aliphatic rings. The second-order valence-electron chi connectivity index (χ2n) is 6.52. The first-order valence-corrected chi connectivity index (χ1v) is 9.13. The monoisotopic (exact) mass is 377 g/mol. The number of hydrogen-bond donors (Lipinski definition) is 1. The Morgan fingerprint density at radius 3 is 2.78 bits per heavy atom. The molecule has 6 nitrogen and oxygen atoms in total. The number of aliphatic imine (C=N–C) groups is 1. The van der Waals surface area contributed by atoms with Gasteiger partial charge in [0.15, 0.2) is 5.96 Å². The lowest BCUT2D eigenvalue weighted by Crippen LogP contribution is -2.48. The van der Waals surface area contributed by atoms with Gasteiger partial charge in [0.1, 0.15) is 17.7 Å². The summed E-state index contributed by atoms with van der Waals surface area (Å²) in [5.74, 6) is -0.340. The molecule has 1 N–H and O–H groups in total. The van der Waals surface area contributed by atoms with Crippen molar-refractivity contribution in [2.45, 2.75) is 19.4 Å². The lowest BCUT2D eigenvalue weighted by atomic mass is 10.1. The van der Waals surface area contributed by atoms with E-state index in [1.165, 1.54) is 12.1 Å². The Kier molecular flexibility index (Phi) is 6.39. The molecule has 1 fully saturated rings. The van der Waals surface area contributed by atoms with Crippen molar-refractivity contribution in [3.63, 3.8) is 0 Å². The molecule has 0 amide bonds. The lowest BCUT2D eigenvalue weighted by molar-refractivity contribution is -0.00803. The van der Waals surface area contributed by atoms with Crippen LogP contribution in [0.2, 0.25) is 0 Å². The van der Waals surface area contributed by atoms with Crippen LogP contribution in [0.15, 0.2) is 35.6 Å². The van der Waals surface area contributed by atoms with Gasteiger partial charge in [-0.05, 0) is 31.0 Å². The number of nitrogens with one attached hydrogen (secondary N) is 1. The van der Waals surface area contributed by atoms with E-state index in [0.717, 1.165) is 30.7 Å². The zero-order valence-corrected chi connectivity index (χ0v) is 15.7. The summed E-state index contributed by atoms with van der Waals surface area (Å²) in [6.07, 6.45) is 4.18. The number of ether oxygens (including phenoxy) is 1. The van der Waals surface area contributed by atoms with Gasteiger partial charge in [-0.15, -0.1) is 0 Å². The summed E-state index contributed by atoms with van der Waals surface area (Å²) in [7, 11) is 1.88. The van der Waals surface area contributed by atoms with Gasteiger partial charge in [-0.2, -0.15) is 5.10 Å². The van der Waals surface area contributed by atoms with Gasteiger partial charge in [0.2, 0.25) is 0 Å². The summed E-state index contributed by atoms with van der Waals surface area (Å²) in [5.41, 5.74) is 1.63. The molecule has 0 bridgehead atoms. The van der Waals surface area contributed by atoms with Crippen LogP contribution < -0.4 is 5.32 Å². The van der Waals surface area contributed by atoms with E-state index in [-0.39, 0.29) is 6.10 Å². The van der Waals surface area contributed by atoms with Crippen molar-refractivity contribution in [3.05, 3.63) is 53.4 Å². The summed E-state index contributed by atoms with van der Waals surface area (Å²) in [6.45, 7) is 5.20. The van der Waals surface area contributed by atoms with Crippen LogP contribution >= 0.6 is 0 Å². The molecule has 0 aliphatic carbocycles. The largest absolute Gasteiger partial charge is 0.370 e. The zero-order chi connectivity index (χ0) is 19.2. The number of aryl methyl sites for hydroxylation is 1. The highest BCUT2D eigenvalue weighted by atomic mass is 19.1. The van der Waals surface area contributed by atoms with E-state index in [1.807, 2.05) is 26.4 Å². The minimum absolute atomic E-state index is 0.0615. The highest BCUT2D eigenvalue weighted by molar-refractivity contribution is 5.80. The molecule has 2 heterocycles. The van der Waals surface area contributed by atoms with E-state index in [4.69, 9.17) is 4.74 Å². The molecular formula is C19H25F2N5O. The number of hydrogen-bond acceptors (Lipinski definition) is 3. The summed E-state index contributed by atoms with van der Waals surface area (Å²) in [4.78, 5) is 6.78. The van der Waals surface area contributed by atoms with Crippen molar-refractivity contribution >= 4 is 5.96 Å². The van der Waals surface area contributed by atoms with Gasteiger partial charge in [0.05, 0.1) is 19.3 Å². The Morgan fingerprint density at radius 2 is 2.11 bits per heavy atom. The molecule has 3 rings (SSSR count). The van der Waals surface area contributed by atoms with Crippen LogP contribution in [0, 0.1) is 11.6 Å². The first-order chi connectivity index (χ1) is 13.0. The first-order valence-electron chi connectivity index (χ1n) is 9.13. The first kappa shape index (κ1) is 19.3. The quantitative estimate of drug-likeness (QED) is 0.642. The molecule has 1 saturated heterocycles. The molecule has 1 atom stereocenters. The number of halogens is 2. The number of aromatic nitrogens is 2. The highest BCUT2D eigenvalue weighted by Crippen LogP contribution is 2.21. The predicted octanol–water partition coefficient (Wildman–Crippen LogP) is 2.28. The molecule has 8 heteroatoms. The number of morpholine rings is 1. The third-order valence-corrected chi connectivity index (χ3v) is 4.38. The summed E-state index contributed by atoms with van der Waals surface area (Å²) < 4.78 is 34.3. The van der Waals surface area contributed by atoms with Crippen LogP contribution in [0.25, 0.3) is 0 Å². The van der Waals surface area contributed by atoms with Crippen molar-refractivity contribution in [2.24, 2.45) is 12.0 Å². The molecule has 1 aromatic heterocycles. The SMILES string of the molecule is CCNC(=NCCc1cc(F)cc(F)c1)N1CCOC(c2cnn(C)c2)C1. The highest BCUT2D eigenvalue weighted by Gasteiger charge is 2.25. The van der Waals surface area contributed by atoms with Crippen molar-refractivity contribution in [3.8, 4) is 0 Å². The molecule has 146 valence electrons. The number of rotatable bonds is 5.